The molecule has 1 aliphatic carbocycles. The molecule has 1 aromatic rings. The first-order chi connectivity index (χ1) is 9.86. The number of hydrogen-bond acceptors (Lipinski definition) is 3. The lowest BCUT2D eigenvalue weighted by atomic mass is 10.2. The van der Waals surface area contributed by atoms with Gasteiger partial charge < -0.3 is 5.32 Å². The molecule has 2 rings (SSSR count). The SMILES string of the molecule is C#CCN(C)S(=O)(=O)c1cc(F)c(Cl)c(CNC2CC2)c1. The Labute approximate surface area is 129 Å². The van der Waals surface area contributed by atoms with E-state index in [1.807, 2.05) is 0 Å². The summed E-state index contributed by atoms with van der Waals surface area (Å²) < 4.78 is 39.4. The van der Waals surface area contributed by atoms with Crippen molar-refractivity contribution in [2.24, 2.45) is 0 Å². The molecular formula is C14H16ClFN2O2S. The van der Waals surface area contributed by atoms with Gasteiger partial charge in [-0.25, -0.2) is 12.8 Å². The van der Waals surface area contributed by atoms with Crippen molar-refractivity contribution in [3.05, 3.63) is 28.5 Å². The second-order valence-electron chi connectivity index (χ2n) is 5.00. The molecule has 1 aliphatic rings. The number of nitrogens with one attached hydrogen (secondary N) is 1. The smallest absolute Gasteiger partial charge is 0.243 e. The van der Waals surface area contributed by atoms with Crippen LogP contribution >= 0.6 is 11.6 Å². The van der Waals surface area contributed by atoms with Gasteiger partial charge in [0.05, 0.1) is 16.5 Å². The molecule has 0 atom stereocenters. The summed E-state index contributed by atoms with van der Waals surface area (Å²) in [5.74, 6) is 1.50. The van der Waals surface area contributed by atoms with E-state index < -0.39 is 15.8 Å². The summed E-state index contributed by atoms with van der Waals surface area (Å²) in [6, 6.07) is 2.72. The average Bonchev–Trinajstić information content (AvgIpc) is 3.24. The number of nitrogens with zero attached hydrogens (tertiary/aromatic N) is 1. The van der Waals surface area contributed by atoms with Crippen LogP contribution in [-0.2, 0) is 16.6 Å². The van der Waals surface area contributed by atoms with E-state index in [9.17, 15) is 12.8 Å². The molecule has 1 aromatic carbocycles. The van der Waals surface area contributed by atoms with Gasteiger partial charge in [-0.15, -0.1) is 6.42 Å². The fourth-order valence-electron chi connectivity index (χ4n) is 1.83. The molecule has 0 heterocycles. The minimum atomic E-state index is -3.82. The zero-order valence-corrected chi connectivity index (χ0v) is 13.1. The number of rotatable bonds is 6. The second kappa shape index (κ2) is 6.32. The first-order valence-electron chi connectivity index (χ1n) is 6.47. The molecule has 1 N–H and O–H groups in total. The van der Waals surface area contributed by atoms with Gasteiger partial charge in [0.25, 0.3) is 0 Å². The maximum atomic E-state index is 13.9. The zero-order chi connectivity index (χ0) is 15.6. The van der Waals surface area contributed by atoms with Crippen molar-refractivity contribution in [1.29, 1.82) is 0 Å². The molecule has 4 nitrogen and oxygen atoms in total. The van der Waals surface area contributed by atoms with Crippen LogP contribution in [0.1, 0.15) is 18.4 Å². The minimum absolute atomic E-state index is 0.0540. The van der Waals surface area contributed by atoms with Gasteiger partial charge in [0, 0.05) is 19.6 Å². The number of hydrogen-bond donors (Lipinski definition) is 1. The Kier molecular flexibility index (Phi) is 4.89. The number of benzene rings is 1. The van der Waals surface area contributed by atoms with Crippen molar-refractivity contribution < 1.29 is 12.8 Å². The lowest BCUT2D eigenvalue weighted by molar-refractivity contribution is 0.501. The van der Waals surface area contributed by atoms with Crippen molar-refractivity contribution in [3.63, 3.8) is 0 Å². The molecular weight excluding hydrogens is 315 g/mol. The summed E-state index contributed by atoms with van der Waals surface area (Å²) >= 11 is 5.90. The highest BCUT2D eigenvalue weighted by Crippen LogP contribution is 2.27. The van der Waals surface area contributed by atoms with Crippen molar-refractivity contribution in [2.45, 2.75) is 30.3 Å². The molecule has 7 heteroatoms. The maximum Gasteiger partial charge on any atom is 0.243 e. The van der Waals surface area contributed by atoms with E-state index >= 15 is 0 Å². The summed E-state index contributed by atoms with van der Waals surface area (Å²) in [6.45, 7) is 0.255. The molecule has 0 spiro atoms. The molecule has 1 fully saturated rings. The first kappa shape index (κ1) is 16.2. The van der Waals surface area contributed by atoms with Gasteiger partial charge >= 0.3 is 0 Å². The van der Waals surface area contributed by atoms with Crippen LogP contribution in [0.4, 0.5) is 4.39 Å². The fraction of sp³-hybridized carbons (Fsp3) is 0.429. The third-order valence-electron chi connectivity index (χ3n) is 3.26. The van der Waals surface area contributed by atoms with Crippen LogP contribution in [0.15, 0.2) is 17.0 Å². The van der Waals surface area contributed by atoms with E-state index in [0.717, 1.165) is 23.2 Å². The van der Waals surface area contributed by atoms with Crippen molar-refractivity contribution in [1.82, 2.24) is 9.62 Å². The molecule has 114 valence electrons. The summed E-state index contributed by atoms with van der Waals surface area (Å²) in [6.07, 6.45) is 7.26. The van der Waals surface area contributed by atoms with E-state index in [4.69, 9.17) is 18.0 Å². The van der Waals surface area contributed by atoms with Gasteiger partial charge in [0.2, 0.25) is 10.0 Å². The Hall–Kier alpha value is -1.13. The highest BCUT2D eigenvalue weighted by molar-refractivity contribution is 7.89. The van der Waals surface area contributed by atoms with E-state index in [0.29, 0.717) is 18.2 Å². The molecule has 1 saturated carbocycles. The Morgan fingerprint density at radius 3 is 2.76 bits per heavy atom. The van der Waals surface area contributed by atoms with Crippen LogP contribution in [-0.4, -0.2) is 32.4 Å². The molecule has 0 unspecified atom stereocenters. The average molecular weight is 331 g/mol. The van der Waals surface area contributed by atoms with Crippen molar-refractivity contribution in [3.8, 4) is 12.3 Å². The molecule has 0 saturated heterocycles. The quantitative estimate of drug-likeness (QED) is 0.811. The predicted molar refractivity (Wildman–Crippen MR) is 79.9 cm³/mol. The van der Waals surface area contributed by atoms with E-state index in [1.165, 1.54) is 13.1 Å². The molecule has 0 amide bonds. The van der Waals surface area contributed by atoms with Crippen LogP contribution in [0.25, 0.3) is 0 Å². The summed E-state index contributed by atoms with van der Waals surface area (Å²) in [5, 5.41) is 3.13. The lowest BCUT2D eigenvalue weighted by Crippen LogP contribution is -2.27. The number of terminal acetylenes is 1. The van der Waals surface area contributed by atoms with Crippen molar-refractivity contribution in [2.75, 3.05) is 13.6 Å². The van der Waals surface area contributed by atoms with E-state index in [1.54, 1.807) is 0 Å². The topological polar surface area (TPSA) is 49.4 Å². The van der Waals surface area contributed by atoms with Crippen LogP contribution in [0.5, 0.6) is 0 Å². The van der Waals surface area contributed by atoms with Crippen LogP contribution in [0.3, 0.4) is 0 Å². The fourth-order valence-corrected chi connectivity index (χ4v) is 3.16. The van der Waals surface area contributed by atoms with Crippen LogP contribution in [0, 0.1) is 18.2 Å². The Morgan fingerprint density at radius 1 is 1.52 bits per heavy atom. The minimum Gasteiger partial charge on any atom is -0.310 e. The van der Waals surface area contributed by atoms with Gasteiger partial charge in [0.1, 0.15) is 5.82 Å². The molecule has 21 heavy (non-hydrogen) atoms. The highest BCUT2D eigenvalue weighted by Gasteiger charge is 2.24. The monoisotopic (exact) mass is 330 g/mol. The Bertz CT molecular complexity index is 681. The van der Waals surface area contributed by atoms with E-state index in [2.05, 4.69) is 11.2 Å². The lowest BCUT2D eigenvalue weighted by Gasteiger charge is -2.16. The van der Waals surface area contributed by atoms with Gasteiger partial charge in [-0.1, -0.05) is 17.5 Å². The zero-order valence-electron chi connectivity index (χ0n) is 11.6. The van der Waals surface area contributed by atoms with Gasteiger partial charge in [-0.3, -0.25) is 0 Å². The summed E-state index contributed by atoms with van der Waals surface area (Å²) in [4.78, 5) is -0.144. The third-order valence-corrected chi connectivity index (χ3v) is 5.46. The first-order valence-corrected chi connectivity index (χ1v) is 8.29. The second-order valence-corrected chi connectivity index (χ2v) is 7.42. The van der Waals surface area contributed by atoms with Gasteiger partial charge in [-0.05, 0) is 30.5 Å². The maximum absolute atomic E-state index is 13.9. The van der Waals surface area contributed by atoms with Crippen molar-refractivity contribution >= 4 is 21.6 Å². The molecule has 0 bridgehead atoms. The summed E-state index contributed by atoms with van der Waals surface area (Å²) in [7, 11) is -2.47. The molecule has 0 radical (unpaired) electrons. The standard InChI is InChI=1S/C14H16ClFN2O2S/c1-3-6-18(2)21(19,20)12-7-10(9-17-11-4-5-11)14(15)13(16)8-12/h1,7-8,11,17H,4-6,9H2,2H3. The predicted octanol–water partition coefficient (Wildman–Crippen LogP) is 1.98. The Morgan fingerprint density at radius 2 is 2.19 bits per heavy atom. The third kappa shape index (κ3) is 3.74. The highest BCUT2D eigenvalue weighted by atomic mass is 35.5. The normalized spacial score (nSPS) is 15.2. The molecule has 0 aliphatic heterocycles. The van der Waals surface area contributed by atoms with Crippen LogP contribution < -0.4 is 5.32 Å². The largest absolute Gasteiger partial charge is 0.310 e. The van der Waals surface area contributed by atoms with E-state index in [-0.39, 0.29) is 16.5 Å². The van der Waals surface area contributed by atoms with Gasteiger partial charge in [0.15, 0.2) is 0 Å². The van der Waals surface area contributed by atoms with Gasteiger partial charge in [-0.2, -0.15) is 4.31 Å². The van der Waals surface area contributed by atoms with Crippen LogP contribution in [0.2, 0.25) is 5.02 Å². The summed E-state index contributed by atoms with van der Waals surface area (Å²) in [5.41, 5.74) is 0.427. The molecule has 0 aromatic heterocycles. The number of halogens is 2. The Balaban J connectivity index is 2.33. The number of sulfonamides is 1.